The summed E-state index contributed by atoms with van der Waals surface area (Å²) in [4.78, 5) is 0. The molecule has 0 aliphatic heterocycles. The van der Waals surface area contributed by atoms with Gasteiger partial charge in [-0.25, -0.2) is 0 Å². The van der Waals surface area contributed by atoms with Gasteiger partial charge in [-0.2, -0.15) is 0 Å². The molecular formula is C12H20N2. The molecule has 1 aromatic heterocycles. The Bertz CT molecular complexity index is 286. The highest BCUT2D eigenvalue weighted by Gasteiger charge is 2.27. The fraction of sp³-hybridized carbons (Fsp3) is 0.667. The summed E-state index contributed by atoms with van der Waals surface area (Å²) in [7, 11) is 0. The summed E-state index contributed by atoms with van der Waals surface area (Å²) in [5.74, 6) is 0.944. The molecule has 0 aromatic carbocycles. The lowest BCUT2D eigenvalue weighted by Gasteiger charge is -2.13. The van der Waals surface area contributed by atoms with Gasteiger partial charge in [-0.1, -0.05) is 0 Å². The van der Waals surface area contributed by atoms with Crippen LogP contribution in [-0.2, 0) is 13.1 Å². The Hall–Kier alpha value is -0.760. The van der Waals surface area contributed by atoms with Crippen molar-refractivity contribution in [2.75, 3.05) is 0 Å². The fourth-order valence-corrected chi connectivity index (χ4v) is 1.95. The summed E-state index contributed by atoms with van der Waals surface area (Å²) in [6.07, 6.45) is 4.99. The summed E-state index contributed by atoms with van der Waals surface area (Å²) in [6, 6.07) is 5.02. The predicted octanol–water partition coefficient (Wildman–Crippen LogP) is 2.40. The number of rotatable bonds is 5. The first-order chi connectivity index (χ1) is 6.81. The van der Waals surface area contributed by atoms with E-state index in [9.17, 15) is 0 Å². The first-order valence-electron chi connectivity index (χ1n) is 5.68. The number of nitrogens with zero attached hydrogens (tertiary/aromatic N) is 1. The SMILES string of the molecule is CCn1cccc1CNC(C)C1CC1. The molecule has 0 bridgehead atoms. The lowest BCUT2D eigenvalue weighted by molar-refractivity contribution is 0.484. The predicted molar refractivity (Wildman–Crippen MR) is 59.1 cm³/mol. The molecule has 2 nitrogen and oxygen atoms in total. The highest BCUT2D eigenvalue weighted by molar-refractivity contribution is 5.07. The van der Waals surface area contributed by atoms with Crippen molar-refractivity contribution in [1.29, 1.82) is 0 Å². The zero-order chi connectivity index (χ0) is 9.97. The zero-order valence-electron chi connectivity index (χ0n) is 9.16. The Kier molecular flexibility index (Phi) is 2.92. The van der Waals surface area contributed by atoms with Crippen LogP contribution in [0.25, 0.3) is 0 Å². The van der Waals surface area contributed by atoms with Crippen molar-refractivity contribution in [3.05, 3.63) is 24.0 Å². The molecule has 1 aromatic rings. The first-order valence-corrected chi connectivity index (χ1v) is 5.68. The van der Waals surface area contributed by atoms with Gasteiger partial charge in [0.25, 0.3) is 0 Å². The molecule has 1 aliphatic carbocycles. The van der Waals surface area contributed by atoms with Gasteiger partial charge in [0.1, 0.15) is 0 Å². The zero-order valence-corrected chi connectivity index (χ0v) is 9.16. The van der Waals surface area contributed by atoms with Gasteiger partial charge in [0, 0.05) is 31.0 Å². The number of aromatic nitrogens is 1. The average Bonchev–Trinajstić information content (AvgIpc) is 2.94. The van der Waals surface area contributed by atoms with Crippen LogP contribution in [0.15, 0.2) is 18.3 Å². The summed E-state index contributed by atoms with van der Waals surface area (Å²) in [5, 5.41) is 3.60. The van der Waals surface area contributed by atoms with Crippen molar-refractivity contribution < 1.29 is 0 Å². The molecule has 78 valence electrons. The van der Waals surface area contributed by atoms with Crippen molar-refractivity contribution in [2.24, 2.45) is 5.92 Å². The van der Waals surface area contributed by atoms with E-state index < -0.39 is 0 Å². The van der Waals surface area contributed by atoms with Crippen molar-refractivity contribution >= 4 is 0 Å². The third-order valence-electron chi connectivity index (χ3n) is 3.20. The molecule has 1 N–H and O–H groups in total. The highest BCUT2D eigenvalue weighted by Crippen LogP contribution is 2.32. The molecule has 1 unspecified atom stereocenters. The quantitative estimate of drug-likeness (QED) is 0.758. The second-order valence-corrected chi connectivity index (χ2v) is 4.29. The molecular weight excluding hydrogens is 172 g/mol. The van der Waals surface area contributed by atoms with E-state index in [2.05, 4.69) is 42.1 Å². The molecule has 0 amide bonds. The highest BCUT2D eigenvalue weighted by atomic mass is 15.0. The van der Waals surface area contributed by atoms with Crippen LogP contribution in [0.3, 0.4) is 0 Å². The third-order valence-corrected chi connectivity index (χ3v) is 3.20. The van der Waals surface area contributed by atoms with Gasteiger partial charge in [0.05, 0.1) is 0 Å². The largest absolute Gasteiger partial charge is 0.351 e. The van der Waals surface area contributed by atoms with Crippen LogP contribution in [0.2, 0.25) is 0 Å². The minimum Gasteiger partial charge on any atom is -0.351 e. The number of nitrogens with one attached hydrogen (secondary N) is 1. The van der Waals surface area contributed by atoms with Gasteiger partial charge in [0.2, 0.25) is 0 Å². The summed E-state index contributed by atoms with van der Waals surface area (Å²) in [6.45, 7) is 6.57. The van der Waals surface area contributed by atoms with Gasteiger partial charge in [0.15, 0.2) is 0 Å². The van der Waals surface area contributed by atoms with E-state index >= 15 is 0 Å². The topological polar surface area (TPSA) is 17.0 Å². The van der Waals surface area contributed by atoms with Crippen LogP contribution in [0.1, 0.15) is 32.4 Å². The van der Waals surface area contributed by atoms with Crippen molar-refractivity contribution in [3.63, 3.8) is 0 Å². The van der Waals surface area contributed by atoms with Gasteiger partial charge >= 0.3 is 0 Å². The Labute approximate surface area is 86.3 Å². The van der Waals surface area contributed by atoms with Crippen molar-refractivity contribution in [1.82, 2.24) is 9.88 Å². The number of hydrogen-bond donors (Lipinski definition) is 1. The van der Waals surface area contributed by atoms with E-state index in [1.54, 1.807) is 0 Å². The lowest BCUT2D eigenvalue weighted by Crippen LogP contribution is -2.28. The maximum absolute atomic E-state index is 3.60. The average molecular weight is 192 g/mol. The second kappa shape index (κ2) is 4.18. The van der Waals surface area contributed by atoms with E-state index in [4.69, 9.17) is 0 Å². The second-order valence-electron chi connectivity index (χ2n) is 4.29. The Morgan fingerprint density at radius 1 is 1.57 bits per heavy atom. The molecule has 1 saturated carbocycles. The first kappa shape index (κ1) is 9.78. The standard InChI is InChI=1S/C12H20N2/c1-3-14-8-4-5-12(14)9-13-10(2)11-6-7-11/h4-5,8,10-11,13H,3,6-7,9H2,1-2H3. The monoisotopic (exact) mass is 192 g/mol. The molecule has 2 heteroatoms. The molecule has 1 atom stereocenters. The fourth-order valence-electron chi connectivity index (χ4n) is 1.95. The summed E-state index contributed by atoms with van der Waals surface area (Å²) < 4.78 is 2.30. The normalized spacial score (nSPS) is 18.4. The van der Waals surface area contributed by atoms with E-state index in [0.29, 0.717) is 6.04 Å². The van der Waals surface area contributed by atoms with Gasteiger partial charge < -0.3 is 9.88 Å². The smallest absolute Gasteiger partial charge is 0.0361 e. The van der Waals surface area contributed by atoms with E-state index in [-0.39, 0.29) is 0 Å². The van der Waals surface area contributed by atoms with Crippen molar-refractivity contribution in [3.8, 4) is 0 Å². The minimum absolute atomic E-state index is 0.690. The van der Waals surface area contributed by atoms with Gasteiger partial charge in [-0.3, -0.25) is 0 Å². The summed E-state index contributed by atoms with van der Waals surface area (Å²) >= 11 is 0. The van der Waals surface area contributed by atoms with E-state index in [1.807, 2.05) is 0 Å². The molecule has 0 saturated heterocycles. The maximum atomic E-state index is 3.60. The maximum Gasteiger partial charge on any atom is 0.0361 e. The molecule has 1 heterocycles. The third kappa shape index (κ3) is 2.18. The molecule has 1 fully saturated rings. The van der Waals surface area contributed by atoms with Crippen LogP contribution in [0.4, 0.5) is 0 Å². The van der Waals surface area contributed by atoms with Crippen LogP contribution < -0.4 is 5.32 Å². The van der Waals surface area contributed by atoms with Gasteiger partial charge in [-0.05, 0) is 44.7 Å². The molecule has 1 aliphatic rings. The van der Waals surface area contributed by atoms with Crippen LogP contribution >= 0.6 is 0 Å². The molecule has 14 heavy (non-hydrogen) atoms. The minimum atomic E-state index is 0.690. The van der Waals surface area contributed by atoms with Gasteiger partial charge in [-0.15, -0.1) is 0 Å². The summed E-state index contributed by atoms with van der Waals surface area (Å²) in [5.41, 5.74) is 1.40. The Balaban J connectivity index is 1.84. The lowest BCUT2D eigenvalue weighted by atomic mass is 10.2. The molecule has 0 radical (unpaired) electrons. The van der Waals surface area contributed by atoms with Crippen LogP contribution in [0, 0.1) is 5.92 Å². The van der Waals surface area contributed by atoms with Crippen molar-refractivity contribution in [2.45, 2.75) is 45.8 Å². The van der Waals surface area contributed by atoms with Crippen LogP contribution in [-0.4, -0.2) is 10.6 Å². The molecule has 2 rings (SSSR count). The van der Waals surface area contributed by atoms with E-state index in [1.165, 1.54) is 18.5 Å². The number of aryl methyl sites for hydroxylation is 1. The molecule has 0 spiro atoms. The Morgan fingerprint density at radius 2 is 2.36 bits per heavy atom. The Morgan fingerprint density at radius 3 is 3.00 bits per heavy atom. The number of hydrogen-bond acceptors (Lipinski definition) is 1. The van der Waals surface area contributed by atoms with E-state index in [0.717, 1.165) is 19.0 Å². The van der Waals surface area contributed by atoms with Crippen LogP contribution in [0.5, 0.6) is 0 Å².